The molecule has 2 heteroatoms. The zero-order chi connectivity index (χ0) is 8.22. The van der Waals surface area contributed by atoms with Gasteiger partial charge in [-0.05, 0) is 12.3 Å². The van der Waals surface area contributed by atoms with Crippen LogP contribution in [0.3, 0.4) is 0 Å². The zero-order valence-electron chi connectivity index (χ0n) is 7.14. The van der Waals surface area contributed by atoms with E-state index < -0.39 is 0 Å². The van der Waals surface area contributed by atoms with Crippen LogP contribution in [0.4, 0.5) is 0 Å². The fourth-order valence-electron chi connectivity index (χ4n) is 2.26. The summed E-state index contributed by atoms with van der Waals surface area (Å²) in [7, 11) is 0. The summed E-state index contributed by atoms with van der Waals surface area (Å²) in [4.78, 5) is 11.2. The number of hydrogen-bond donors (Lipinski definition) is 1. The number of piperidine rings is 1. The molecule has 1 aliphatic heterocycles. The van der Waals surface area contributed by atoms with Gasteiger partial charge >= 0.3 is 0 Å². The fourth-order valence-corrected chi connectivity index (χ4v) is 2.26. The summed E-state index contributed by atoms with van der Waals surface area (Å²) < 4.78 is 0. The number of hydrogen-bond acceptors (Lipinski definition) is 1. The molecule has 2 nitrogen and oxygen atoms in total. The number of rotatable bonds is 0. The Kier molecular flexibility index (Phi) is 1.05. The van der Waals surface area contributed by atoms with Crippen LogP contribution >= 0.6 is 0 Å². The Balaban J connectivity index is 2.33. The monoisotopic (exact) mass is 151 g/mol. The highest BCUT2D eigenvalue weighted by molar-refractivity contribution is 5.89. The first-order chi connectivity index (χ1) is 5.09. The van der Waals surface area contributed by atoms with E-state index in [0.717, 1.165) is 5.70 Å². The van der Waals surface area contributed by atoms with Gasteiger partial charge in [-0.3, -0.25) is 4.79 Å². The molecule has 0 aromatic heterocycles. The van der Waals surface area contributed by atoms with E-state index in [1.807, 2.05) is 13.0 Å². The van der Waals surface area contributed by atoms with Gasteiger partial charge in [-0.1, -0.05) is 19.9 Å². The number of carbonyl (C=O) groups is 1. The number of nitrogens with one attached hydrogen (secondary N) is 1. The van der Waals surface area contributed by atoms with E-state index in [1.54, 1.807) is 0 Å². The molecule has 60 valence electrons. The van der Waals surface area contributed by atoms with Crippen molar-refractivity contribution in [1.82, 2.24) is 5.32 Å². The maximum absolute atomic E-state index is 11.2. The topological polar surface area (TPSA) is 29.1 Å². The van der Waals surface area contributed by atoms with Crippen molar-refractivity contribution in [2.24, 2.45) is 17.3 Å². The van der Waals surface area contributed by atoms with Crippen molar-refractivity contribution < 1.29 is 4.79 Å². The molecular formula is C9H13NO. The lowest BCUT2D eigenvalue weighted by Gasteiger charge is -2.09. The summed E-state index contributed by atoms with van der Waals surface area (Å²) in [6.07, 6.45) is 2.01. The lowest BCUT2D eigenvalue weighted by atomic mass is 10.1. The summed E-state index contributed by atoms with van der Waals surface area (Å²) in [6.45, 7) is 6.29. The van der Waals surface area contributed by atoms with Crippen LogP contribution < -0.4 is 5.32 Å². The molecule has 2 atom stereocenters. The van der Waals surface area contributed by atoms with Gasteiger partial charge in [0.05, 0.1) is 5.92 Å². The Morgan fingerprint density at radius 3 is 2.36 bits per heavy atom. The smallest absolute Gasteiger partial charge is 0.228 e. The Labute approximate surface area is 66.7 Å². The van der Waals surface area contributed by atoms with Crippen molar-refractivity contribution >= 4 is 5.91 Å². The van der Waals surface area contributed by atoms with Crippen LogP contribution in [0.25, 0.3) is 0 Å². The molecule has 0 radical (unpaired) electrons. The molecule has 2 fully saturated rings. The van der Waals surface area contributed by atoms with Crippen molar-refractivity contribution in [3.8, 4) is 0 Å². The van der Waals surface area contributed by atoms with Crippen LogP contribution in [0.5, 0.6) is 0 Å². The third-order valence-corrected chi connectivity index (χ3v) is 3.02. The predicted octanol–water partition coefficient (Wildman–Crippen LogP) is 1.29. The van der Waals surface area contributed by atoms with E-state index in [1.165, 1.54) is 0 Å². The van der Waals surface area contributed by atoms with Gasteiger partial charge in [0.2, 0.25) is 5.91 Å². The Morgan fingerprint density at radius 2 is 2.09 bits per heavy atom. The molecule has 1 saturated carbocycles. The molecular weight excluding hydrogens is 138 g/mol. The SMILES string of the molecule is CC=C1NC(=O)C2C1C2(C)C. The van der Waals surface area contributed by atoms with Crippen LogP contribution in [0.2, 0.25) is 0 Å². The predicted molar refractivity (Wildman–Crippen MR) is 42.7 cm³/mol. The third kappa shape index (κ3) is 0.647. The molecule has 2 aliphatic rings. The fraction of sp³-hybridized carbons (Fsp3) is 0.667. The van der Waals surface area contributed by atoms with Gasteiger partial charge in [0.15, 0.2) is 0 Å². The highest BCUT2D eigenvalue weighted by Gasteiger charge is 2.67. The number of amides is 1. The van der Waals surface area contributed by atoms with Crippen molar-refractivity contribution in [1.29, 1.82) is 0 Å². The van der Waals surface area contributed by atoms with Crippen LogP contribution in [0.1, 0.15) is 20.8 Å². The summed E-state index contributed by atoms with van der Waals surface area (Å²) >= 11 is 0. The molecule has 11 heavy (non-hydrogen) atoms. The van der Waals surface area contributed by atoms with Crippen molar-refractivity contribution in [2.45, 2.75) is 20.8 Å². The molecule has 2 unspecified atom stereocenters. The van der Waals surface area contributed by atoms with E-state index in [2.05, 4.69) is 19.2 Å². The summed E-state index contributed by atoms with van der Waals surface area (Å²) in [5.74, 6) is 0.960. The first-order valence-electron chi connectivity index (χ1n) is 4.06. The van der Waals surface area contributed by atoms with Gasteiger partial charge in [0.1, 0.15) is 0 Å². The van der Waals surface area contributed by atoms with E-state index in [4.69, 9.17) is 0 Å². The van der Waals surface area contributed by atoms with Crippen LogP contribution in [0.15, 0.2) is 11.8 Å². The van der Waals surface area contributed by atoms with Gasteiger partial charge in [0.25, 0.3) is 0 Å². The summed E-state index contributed by atoms with van der Waals surface area (Å²) in [6, 6.07) is 0. The Hall–Kier alpha value is -0.790. The molecule has 2 rings (SSSR count). The molecule has 0 spiro atoms. The average molecular weight is 151 g/mol. The summed E-state index contributed by atoms with van der Waals surface area (Å²) in [5, 5.41) is 2.88. The quantitative estimate of drug-likeness (QED) is 0.555. The largest absolute Gasteiger partial charge is 0.330 e. The van der Waals surface area contributed by atoms with Crippen molar-refractivity contribution in [3.05, 3.63) is 11.8 Å². The molecule has 1 amide bonds. The molecule has 0 bridgehead atoms. The molecule has 1 heterocycles. The minimum absolute atomic E-state index is 0.216. The second-order valence-corrected chi connectivity index (χ2v) is 4.01. The standard InChI is InChI=1S/C9H13NO/c1-4-5-6-7(8(11)10-5)9(6,2)3/h4,6-7H,1-3H3,(H,10,11). The number of carbonyl (C=O) groups excluding carboxylic acids is 1. The maximum atomic E-state index is 11.2. The second kappa shape index (κ2) is 1.68. The number of allylic oxidation sites excluding steroid dienone is 2. The molecule has 0 aromatic carbocycles. The van der Waals surface area contributed by atoms with Gasteiger partial charge in [-0.15, -0.1) is 0 Å². The molecule has 0 aromatic rings. The van der Waals surface area contributed by atoms with Gasteiger partial charge < -0.3 is 5.32 Å². The minimum Gasteiger partial charge on any atom is -0.330 e. The molecule has 1 aliphatic carbocycles. The lowest BCUT2D eigenvalue weighted by molar-refractivity contribution is -0.121. The van der Waals surface area contributed by atoms with E-state index >= 15 is 0 Å². The van der Waals surface area contributed by atoms with E-state index in [0.29, 0.717) is 5.92 Å². The molecule has 1 N–H and O–H groups in total. The van der Waals surface area contributed by atoms with Gasteiger partial charge in [-0.25, -0.2) is 0 Å². The second-order valence-electron chi connectivity index (χ2n) is 4.01. The first kappa shape index (κ1) is 6.89. The normalized spacial score (nSPS) is 42.1. The zero-order valence-corrected chi connectivity index (χ0v) is 7.14. The summed E-state index contributed by atoms with van der Waals surface area (Å²) in [5.41, 5.74) is 1.36. The van der Waals surface area contributed by atoms with Crippen LogP contribution in [-0.4, -0.2) is 5.91 Å². The highest BCUT2D eigenvalue weighted by atomic mass is 16.2. The van der Waals surface area contributed by atoms with Gasteiger partial charge in [0, 0.05) is 11.6 Å². The number of fused-ring (bicyclic) bond motifs is 1. The van der Waals surface area contributed by atoms with Crippen molar-refractivity contribution in [3.63, 3.8) is 0 Å². The maximum Gasteiger partial charge on any atom is 0.228 e. The van der Waals surface area contributed by atoms with E-state index in [9.17, 15) is 4.79 Å². The molecule has 1 saturated heterocycles. The first-order valence-corrected chi connectivity index (χ1v) is 4.06. The Morgan fingerprint density at radius 1 is 1.45 bits per heavy atom. The van der Waals surface area contributed by atoms with Crippen LogP contribution in [0, 0.1) is 17.3 Å². The van der Waals surface area contributed by atoms with Crippen LogP contribution in [-0.2, 0) is 4.79 Å². The Bertz CT molecular complexity index is 252. The third-order valence-electron chi connectivity index (χ3n) is 3.02. The average Bonchev–Trinajstić information content (AvgIpc) is 2.37. The highest BCUT2D eigenvalue weighted by Crippen LogP contribution is 2.64. The minimum atomic E-state index is 0.216. The van der Waals surface area contributed by atoms with E-state index in [-0.39, 0.29) is 17.2 Å². The van der Waals surface area contributed by atoms with Crippen molar-refractivity contribution in [2.75, 3.05) is 0 Å². The lowest BCUT2D eigenvalue weighted by Crippen LogP contribution is -2.23. The van der Waals surface area contributed by atoms with Gasteiger partial charge in [-0.2, -0.15) is 0 Å².